The summed E-state index contributed by atoms with van der Waals surface area (Å²) in [7, 11) is 0. The first-order valence-electron chi connectivity index (χ1n) is 10.1. The van der Waals surface area contributed by atoms with Crippen molar-refractivity contribution in [1.82, 2.24) is 24.3 Å². The lowest BCUT2D eigenvalue weighted by molar-refractivity contribution is 0.102. The Labute approximate surface area is 186 Å². The van der Waals surface area contributed by atoms with Crippen molar-refractivity contribution in [3.05, 3.63) is 105 Å². The van der Waals surface area contributed by atoms with Gasteiger partial charge in [0.1, 0.15) is 11.1 Å². The monoisotopic (exact) mass is 442 g/mol. The first-order chi connectivity index (χ1) is 16.0. The fraction of sp³-hybridized carbons (Fsp3) is 0.0870. The molecule has 10 heteroatoms. The van der Waals surface area contributed by atoms with E-state index in [1.165, 1.54) is 0 Å². The van der Waals surface area contributed by atoms with Crippen LogP contribution in [-0.4, -0.2) is 30.2 Å². The number of aromatic amines is 1. The SMILES string of the molecule is Cc1oc2[nH]c(=O)n(-c3ccccc3)c(=O)c2c1C(=O)Nc1ccn(Cc2ccncc2)n1. The molecule has 2 N–H and O–H groups in total. The standard InChI is InChI=1S/C23H18N6O4/c1-14-18(20(30)25-17-9-12-28(27-17)13-15-7-10-24-11-8-15)19-21(33-14)26-23(32)29(22(19)31)16-5-3-2-4-6-16/h2-12H,13H2,1H3,(H,26,32)(H,25,27,30). The van der Waals surface area contributed by atoms with Gasteiger partial charge in [0.05, 0.1) is 17.8 Å². The van der Waals surface area contributed by atoms with Crippen LogP contribution in [-0.2, 0) is 6.54 Å². The molecule has 0 aliphatic carbocycles. The van der Waals surface area contributed by atoms with Crippen molar-refractivity contribution in [2.24, 2.45) is 0 Å². The molecule has 10 nitrogen and oxygen atoms in total. The summed E-state index contributed by atoms with van der Waals surface area (Å²) in [5, 5.41) is 7.05. The molecule has 33 heavy (non-hydrogen) atoms. The van der Waals surface area contributed by atoms with Gasteiger partial charge in [-0.15, -0.1) is 0 Å². The Hall–Kier alpha value is -4.73. The van der Waals surface area contributed by atoms with E-state index in [4.69, 9.17) is 4.42 Å². The van der Waals surface area contributed by atoms with E-state index in [0.29, 0.717) is 18.1 Å². The van der Waals surface area contributed by atoms with Gasteiger partial charge < -0.3 is 9.73 Å². The van der Waals surface area contributed by atoms with Gasteiger partial charge in [-0.05, 0) is 36.8 Å². The number of pyridine rings is 1. The Morgan fingerprint density at radius 3 is 2.61 bits per heavy atom. The van der Waals surface area contributed by atoms with Gasteiger partial charge in [0.15, 0.2) is 5.82 Å². The molecule has 0 radical (unpaired) electrons. The molecule has 0 atom stereocenters. The summed E-state index contributed by atoms with van der Waals surface area (Å²) in [6, 6.07) is 13.9. The molecule has 164 valence electrons. The van der Waals surface area contributed by atoms with Gasteiger partial charge in [-0.1, -0.05) is 18.2 Å². The normalized spacial score (nSPS) is 11.1. The summed E-state index contributed by atoms with van der Waals surface area (Å²) in [4.78, 5) is 45.4. The first-order valence-corrected chi connectivity index (χ1v) is 10.1. The van der Waals surface area contributed by atoms with E-state index >= 15 is 0 Å². The second-order valence-corrected chi connectivity index (χ2v) is 7.35. The lowest BCUT2D eigenvalue weighted by Crippen LogP contribution is -2.34. The molecule has 0 unspecified atom stereocenters. The molecule has 0 spiro atoms. The van der Waals surface area contributed by atoms with Crippen molar-refractivity contribution in [2.45, 2.75) is 13.5 Å². The molecule has 0 fully saturated rings. The van der Waals surface area contributed by atoms with E-state index in [2.05, 4.69) is 20.4 Å². The second-order valence-electron chi connectivity index (χ2n) is 7.35. The Bertz CT molecular complexity index is 1580. The highest BCUT2D eigenvalue weighted by molar-refractivity contribution is 6.12. The van der Waals surface area contributed by atoms with Crippen molar-refractivity contribution < 1.29 is 9.21 Å². The number of nitrogens with one attached hydrogen (secondary N) is 2. The number of carbonyl (C=O) groups excluding carboxylic acids is 1. The third-order valence-electron chi connectivity index (χ3n) is 5.14. The van der Waals surface area contributed by atoms with E-state index in [-0.39, 0.29) is 22.4 Å². The van der Waals surface area contributed by atoms with Crippen LogP contribution in [0.25, 0.3) is 16.8 Å². The third-order valence-corrected chi connectivity index (χ3v) is 5.14. The summed E-state index contributed by atoms with van der Waals surface area (Å²) in [6.07, 6.45) is 5.12. The molecular weight excluding hydrogens is 424 g/mol. The zero-order valence-corrected chi connectivity index (χ0v) is 17.5. The number of rotatable bonds is 5. The van der Waals surface area contributed by atoms with Crippen molar-refractivity contribution in [3.63, 3.8) is 0 Å². The number of aryl methyl sites for hydroxylation is 1. The molecule has 4 heterocycles. The Morgan fingerprint density at radius 1 is 1.09 bits per heavy atom. The zero-order valence-electron chi connectivity index (χ0n) is 17.5. The largest absolute Gasteiger partial charge is 0.444 e. The predicted molar refractivity (Wildman–Crippen MR) is 121 cm³/mol. The van der Waals surface area contributed by atoms with Crippen LogP contribution in [0.15, 0.2) is 81.1 Å². The summed E-state index contributed by atoms with van der Waals surface area (Å²) in [5.74, 6) is -0.0444. The number of amides is 1. The van der Waals surface area contributed by atoms with Crippen LogP contribution in [0.3, 0.4) is 0 Å². The highest BCUT2D eigenvalue weighted by Crippen LogP contribution is 2.22. The number of H-pyrrole nitrogens is 1. The highest BCUT2D eigenvalue weighted by Gasteiger charge is 2.24. The minimum absolute atomic E-state index is 0.00956. The number of nitrogens with zero attached hydrogens (tertiary/aromatic N) is 4. The van der Waals surface area contributed by atoms with Crippen molar-refractivity contribution in [3.8, 4) is 5.69 Å². The van der Waals surface area contributed by atoms with Gasteiger partial charge in [-0.25, -0.2) is 9.36 Å². The third kappa shape index (κ3) is 3.74. The molecule has 1 aromatic carbocycles. The maximum absolute atomic E-state index is 13.2. The summed E-state index contributed by atoms with van der Waals surface area (Å²) in [6.45, 7) is 2.07. The number of hydrogen-bond donors (Lipinski definition) is 2. The number of fused-ring (bicyclic) bond motifs is 1. The lowest BCUT2D eigenvalue weighted by Gasteiger charge is -2.05. The lowest BCUT2D eigenvalue weighted by atomic mass is 10.1. The van der Waals surface area contributed by atoms with Gasteiger partial charge >= 0.3 is 5.69 Å². The van der Waals surface area contributed by atoms with Crippen LogP contribution in [0.2, 0.25) is 0 Å². The average molecular weight is 442 g/mol. The van der Waals surface area contributed by atoms with Gasteiger partial charge in [-0.2, -0.15) is 5.10 Å². The van der Waals surface area contributed by atoms with Crippen molar-refractivity contribution >= 4 is 22.8 Å². The van der Waals surface area contributed by atoms with E-state index < -0.39 is 17.2 Å². The van der Waals surface area contributed by atoms with Crippen LogP contribution in [0, 0.1) is 6.92 Å². The fourth-order valence-corrected chi connectivity index (χ4v) is 3.65. The Balaban J connectivity index is 1.50. The summed E-state index contributed by atoms with van der Waals surface area (Å²) in [5.41, 5.74) is 0.0703. The zero-order chi connectivity index (χ0) is 22.9. The quantitative estimate of drug-likeness (QED) is 0.430. The van der Waals surface area contributed by atoms with Gasteiger partial charge in [-0.3, -0.25) is 24.2 Å². The molecular formula is C23H18N6O4. The van der Waals surface area contributed by atoms with Gasteiger partial charge in [0, 0.05) is 24.7 Å². The Morgan fingerprint density at radius 2 is 1.85 bits per heavy atom. The van der Waals surface area contributed by atoms with Crippen LogP contribution in [0.4, 0.5) is 5.82 Å². The average Bonchev–Trinajstić information content (AvgIpc) is 3.38. The number of hydrogen-bond acceptors (Lipinski definition) is 6. The first kappa shape index (κ1) is 20.2. The van der Waals surface area contributed by atoms with Gasteiger partial charge in [0.25, 0.3) is 11.5 Å². The molecule has 5 aromatic rings. The van der Waals surface area contributed by atoms with Crippen molar-refractivity contribution in [1.29, 1.82) is 0 Å². The molecule has 0 aliphatic heterocycles. The number of benzene rings is 1. The van der Waals surface area contributed by atoms with Gasteiger partial charge in [0.2, 0.25) is 5.71 Å². The van der Waals surface area contributed by atoms with Crippen LogP contribution in [0.1, 0.15) is 21.7 Å². The molecule has 0 aliphatic rings. The van der Waals surface area contributed by atoms with Crippen LogP contribution in [0.5, 0.6) is 0 Å². The van der Waals surface area contributed by atoms with E-state index in [0.717, 1.165) is 10.1 Å². The number of furan rings is 1. The number of aromatic nitrogens is 5. The maximum Gasteiger partial charge on any atom is 0.335 e. The van der Waals surface area contributed by atoms with E-state index in [1.54, 1.807) is 66.6 Å². The minimum atomic E-state index is -0.658. The van der Waals surface area contributed by atoms with E-state index in [9.17, 15) is 14.4 Å². The van der Waals surface area contributed by atoms with E-state index in [1.807, 2.05) is 12.1 Å². The molecule has 1 amide bonds. The van der Waals surface area contributed by atoms with Crippen LogP contribution < -0.4 is 16.6 Å². The molecule has 0 bridgehead atoms. The summed E-state index contributed by atoms with van der Waals surface area (Å²) < 4.78 is 8.17. The predicted octanol–water partition coefficient (Wildman–Crippen LogP) is 2.47. The topological polar surface area (TPSA) is 128 Å². The molecule has 0 saturated carbocycles. The van der Waals surface area contributed by atoms with Crippen LogP contribution >= 0.6 is 0 Å². The maximum atomic E-state index is 13.2. The number of carbonyl (C=O) groups is 1. The number of anilines is 1. The summed E-state index contributed by atoms with van der Waals surface area (Å²) >= 11 is 0. The smallest absolute Gasteiger partial charge is 0.335 e. The number of para-hydroxylation sites is 1. The molecule has 5 rings (SSSR count). The Kier molecular flexibility index (Phi) is 4.94. The molecule has 4 aromatic heterocycles. The molecule has 0 saturated heterocycles. The highest BCUT2D eigenvalue weighted by atomic mass is 16.3. The fourth-order valence-electron chi connectivity index (χ4n) is 3.65. The minimum Gasteiger partial charge on any atom is -0.444 e. The second kappa shape index (κ2) is 8.08. The van der Waals surface area contributed by atoms with Crippen molar-refractivity contribution in [2.75, 3.05) is 5.32 Å².